The largest absolute Gasteiger partial charge is 0.493 e. The summed E-state index contributed by atoms with van der Waals surface area (Å²) in [6.07, 6.45) is 0. The Morgan fingerprint density at radius 2 is 1.61 bits per heavy atom. The van der Waals surface area contributed by atoms with E-state index in [1.165, 1.54) is 16.9 Å². The summed E-state index contributed by atoms with van der Waals surface area (Å²) in [4.78, 5) is 22.4. The minimum absolute atomic E-state index is 0.144. The van der Waals surface area contributed by atoms with Gasteiger partial charge in [-0.3, -0.25) is 4.79 Å². The number of nitrogens with one attached hydrogen (secondary N) is 1. The SMILES string of the molecule is COc1ccc(-c2nc3sc(C)c(-c4ccc(C)cc4)c3c(=O)[nH]2)cc1OC. The first kappa shape index (κ1) is 18.3. The van der Waals surface area contributed by atoms with Crippen LogP contribution >= 0.6 is 11.3 Å². The Morgan fingerprint density at radius 3 is 2.29 bits per heavy atom. The molecule has 0 aliphatic heterocycles. The molecular formula is C22H20N2O3S. The number of thiophene rings is 1. The van der Waals surface area contributed by atoms with E-state index in [4.69, 9.17) is 14.5 Å². The number of aromatic amines is 1. The molecule has 1 N–H and O–H groups in total. The van der Waals surface area contributed by atoms with Crippen LogP contribution in [0.15, 0.2) is 47.3 Å². The van der Waals surface area contributed by atoms with E-state index in [2.05, 4.69) is 17.1 Å². The molecule has 0 radical (unpaired) electrons. The van der Waals surface area contributed by atoms with Gasteiger partial charge in [-0.05, 0) is 37.6 Å². The summed E-state index contributed by atoms with van der Waals surface area (Å²) < 4.78 is 10.6. The van der Waals surface area contributed by atoms with Crippen LogP contribution in [0.3, 0.4) is 0 Å². The molecule has 0 spiro atoms. The van der Waals surface area contributed by atoms with E-state index in [-0.39, 0.29) is 5.56 Å². The molecule has 28 heavy (non-hydrogen) atoms. The molecule has 142 valence electrons. The van der Waals surface area contributed by atoms with E-state index in [1.54, 1.807) is 20.3 Å². The molecule has 0 fully saturated rings. The van der Waals surface area contributed by atoms with Crippen LogP contribution in [0.1, 0.15) is 10.4 Å². The first-order valence-corrected chi connectivity index (χ1v) is 9.66. The Hall–Kier alpha value is -3.12. The number of hydrogen-bond acceptors (Lipinski definition) is 5. The Kier molecular flexibility index (Phi) is 4.65. The molecule has 2 aromatic carbocycles. The number of hydrogen-bond donors (Lipinski definition) is 1. The third kappa shape index (κ3) is 3.05. The van der Waals surface area contributed by atoms with Crippen molar-refractivity contribution < 1.29 is 9.47 Å². The highest BCUT2D eigenvalue weighted by molar-refractivity contribution is 7.19. The van der Waals surface area contributed by atoms with Gasteiger partial charge in [-0.15, -0.1) is 11.3 Å². The minimum Gasteiger partial charge on any atom is -0.493 e. The average molecular weight is 392 g/mol. The highest BCUT2D eigenvalue weighted by Crippen LogP contribution is 2.37. The molecule has 5 nitrogen and oxygen atoms in total. The molecule has 0 bridgehead atoms. The van der Waals surface area contributed by atoms with Gasteiger partial charge in [0.1, 0.15) is 10.7 Å². The van der Waals surface area contributed by atoms with Crippen molar-refractivity contribution in [1.29, 1.82) is 0 Å². The third-order valence-corrected chi connectivity index (χ3v) is 5.73. The van der Waals surface area contributed by atoms with Crippen molar-refractivity contribution in [2.75, 3.05) is 14.2 Å². The van der Waals surface area contributed by atoms with Crippen molar-refractivity contribution in [2.24, 2.45) is 0 Å². The zero-order valence-corrected chi connectivity index (χ0v) is 16.9. The summed E-state index contributed by atoms with van der Waals surface area (Å²) in [5, 5.41) is 0.635. The molecule has 0 unspecified atom stereocenters. The number of ether oxygens (including phenoxy) is 2. The van der Waals surface area contributed by atoms with Gasteiger partial charge in [0.2, 0.25) is 0 Å². The number of rotatable bonds is 4. The van der Waals surface area contributed by atoms with Gasteiger partial charge in [-0.25, -0.2) is 4.98 Å². The van der Waals surface area contributed by atoms with Crippen LogP contribution in [0, 0.1) is 13.8 Å². The molecule has 0 saturated heterocycles. The average Bonchev–Trinajstić information content (AvgIpc) is 3.04. The maximum atomic E-state index is 13.0. The maximum Gasteiger partial charge on any atom is 0.260 e. The second-order valence-corrected chi connectivity index (χ2v) is 7.77. The van der Waals surface area contributed by atoms with Crippen molar-refractivity contribution in [3.05, 3.63) is 63.3 Å². The van der Waals surface area contributed by atoms with Crippen LogP contribution in [0.4, 0.5) is 0 Å². The van der Waals surface area contributed by atoms with Gasteiger partial charge in [0, 0.05) is 16.0 Å². The van der Waals surface area contributed by atoms with E-state index >= 15 is 0 Å². The standard InChI is InChI=1S/C22H20N2O3S/c1-12-5-7-14(8-6-12)18-13(2)28-22-19(18)21(25)23-20(24-22)15-9-10-16(26-3)17(11-15)27-4/h5-11H,1-4H3,(H,23,24,25). The normalized spacial score (nSPS) is 11.0. The number of aryl methyl sites for hydroxylation is 2. The molecule has 2 heterocycles. The van der Waals surface area contributed by atoms with E-state index < -0.39 is 0 Å². The van der Waals surface area contributed by atoms with Crippen LogP contribution in [0.5, 0.6) is 11.5 Å². The zero-order chi connectivity index (χ0) is 19.8. The minimum atomic E-state index is -0.144. The van der Waals surface area contributed by atoms with Crippen molar-refractivity contribution in [3.63, 3.8) is 0 Å². The predicted molar refractivity (Wildman–Crippen MR) is 114 cm³/mol. The lowest BCUT2D eigenvalue weighted by molar-refractivity contribution is 0.355. The van der Waals surface area contributed by atoms with Crippen LogP contribution in [0.25, 0.3) is 32.7 Å². The van der Waals surface area contributed by atoms with E-state index in [0.717, 1.165) is 26.4 Å². The molecular weight excluding hydrogens is 372 g/mol. The lowest BCUT2D eigenvalue weighted by Crippen LogP contribution is -2.09. The predicted octanol–water partition coefficient (Wildman–Crippen LogP) is 4.95. The summed E-state index contributed by atoms with van der Waals surface area (Å²) in [5.74, 6) is 1.73. The van der Waals surface area contributed by atoms with Crippen LogP contribution < -0.4 is 15.0 Å². The molecule has 0 saturated carbocycles. The first-order valence-electron chi connectivity index (χ1n) is 8.84. The van der Waals surface area contributed by atoms with Crippen LogP contribution in [-0.2, 0) is 0 Å². The van der Waals surface area contributed by atoms with Crippen molar-refractivity contribution in [2.45, 2.75) is 13.8 Å². The summed E-state index contributed by atoms with van der Waals surface area (Å²) >= 11 is 1.53. The van der Waals surface area contributed by atoms with Gasteiger partial charge in [0.05, 0.1) is 19.6 Å². The van der Waals surface area contributed by atoms with Gasteiger partial charge >= 0.3 is 0 Å². The highest BCUT2D eigenvalue weighted by atomic mass is 32.1. The second kappa shape index (κ2) is 7.13. The maximum absolute atomic E-state index is 13.0. The monoisotopic (exact) mass is 392 g/mol. The summed E-state index contributed by atoms with van der Waals surface area (Å²) in [6, 6.07) is 13.7. The van der Waals surface area contributed by atoms with Crippen molar-refractivity contribution >= 4 is 21.6 Å². The molecule has 6 heteroatoms. The fourth-order valence-electron chi connectivity index (χ4n) is 3.31. The number of methoxy groups -OCH3 is 2. The lowest BCUT2D eigenvalue weighted by Gasteiger charge is -2.09. The zero-order valence-electron chi connectivity index (χ0n) is 16.1. The molecule has 4 rings (SSSR count). The third-order valence-electron chi connectivity index (χ3n) is 4.74. The molecule has 0 atom stereocenters. The smallest absolute Gasteiger partial charge is 0.260 e. The number of fused-ring (bicyclic) bond motifs is 1. The fourth-order valence-corrected chi connectivity index (χ4v) is 4.35. The van der Waals surface area contributed by atoms with E-state index in [1.807, 2.05) is 38.1 Å². The summed E-state index contributed by atoms with van der Waals surface area (Å²) in [7, 11) is 3.17. The molecule has 2 aromatic heterocycles. The topological polar surface area (TPSA) is 64.2 Å². The second-order valence-electron chi connectivity index (χ2n) is 6.56. The Morgan fingerprint density at radius 1 is 0.929 bits per heavy atom. The van der Waals surface area contributed by atoms with Gasteiger partial charge < -0.3 is 14.5 Å². The van der Waals surface area contributed by atoms with Gasteiger partial charge in [-0.1, -0.05) is 29.8 Å². The molecule has 4 aromatic rings. The van der Waals surface area contributed by atoms with Crippen LogP contribution in [-0.4, -0.2) is 24.2 Å². The molecule has 0 aliphatic rings. The van der Waals surface area contributed by atoms with Gasteiger partial charge in [0.15, 0.2) is 11.5 Å². The van der Waals surface area contributed by atoms with Crippen molar-refractivity contribution in [1.82, 2.24) is 9.97 Å². The number of nitrogens with zero attached hydrogens (tertiary/aromatic N) is 1. The Labute approximate surface area is 166 Å². The Balaban J connectivity index is 1.89. The fraction of sp³-hybridized carbons (Fsp3) is 0.182. The van der Waals surface area contributed by atoms with Gasteiger partial charge in [-0.2, -0.15) is 0 Å². The molecule has 0 aliphatic carbocycles. The highest BCUT2D eigenvalue weighted by Gasteiger charge is 2.17. The number of aromatic nitrogens is 2. The van der Waals surface area contributed by atoms with Crippen molar-refractivity contribution in [3.8, 4) is 34.0 Å². The Bertz CT molecular complexity index is 1220. The van der Waals surface area contributed by atoms with Crippen LogP contribution in [0.2, 0.25) is 0 Å². The quantitative estimate of drug-likeness (QED) is 0.534. The van der Waals surface area contributed by atoms with Gasteiger partial charge in [0.25, 0.3) is 5.56 Å². The first-order chi connectivity index (χ1) is 13.5. The number of H-pyrrole nitrogens is 1. The molecule has 0 amide bonds. The lowest BCUT2D eigenvalue weighted by atomic mass is 10.0. The summed E-state index contributed by atoms with van der Waals surface area (Å²) in [5.41, 5.74) is 3.78. The van der Waals surface area contributed by atoms with E-state index in [9.17, 15) is 4.79 Å². The number of benzene rings is 2. The van der Waals surface area contributed by atoms with E-state index in [0.29, 0.717) is 22.7 Å². The summed E-state index contributed by atoms with van der Waals surface area (Å²) in [6.45, 7) is 4.07.